The molecule has 0 aliphatic rings. The molecule has 85 heavy (non-hydrogen) atoms. The summed E-state index contributed by atoms with van der Waals surface area (Å²) >= 11 is 0. The maximum absolute atomic E-state index is 9.63. The second-order valence-corrected chi connectivity index (χ2v) is 21.0. The molecule has 27 nitrogen and oxygen atoms in total. The number of aromatic nitrogens is 21. The summed E-state index contributed by atoms with van der Waals surface area (Å²) in [5.74, 6) is 0. The first kappa shape index (κ1) is 59.1. The van der Waals surface area contributed by atoms with Gasteiger partial charge in [0.15, 0.2) is 0 Å². The van der Waals surface area contributed by atoms with Gasteiger partial charge in [-0.3, -0.25) is 28.1 Å². The van der Waals surface area contributed by atoms with Crippen LogP contribution in [-0.2, 0) is 19.6 Å². The van der Waals surface area contributed by atoms with Crippen molar-refractivity contribution in [3.8, 4) is 67.5 Å². The highest BCUT2D eigenvalue weighted by Gasteiger charge is 2.20. The first-order valence-electron chi connectivity index (χ1n) is 28.4. The fourth-order valence-corrected chi connectivity index (χ4v) is 9.47. The Morgan fingerprint density at radius 3 is 0.976 bits per heavy atom. The fraction of sp³-hybridized carbons (Fsp3) is 0.379. The van der Waals surface area contributed by atoms with Crippen molar-refractivity contribution in [1.82, 2.24) is 102 Å². The molecule has 12 heterocycles. The average molecular weight is 1160 g/mol. The molecule has 27 heteroatoms. The predicted molar refractivity (Wildman–Crippen MR) is 315 cm³/mol. The van der Waals surface area contributed by atoms with Crippen LogP contribution in [0.1, 0.15) is 85.4 Å². The van der Waals surface area contributed by atoms with Crippen LogP contribution in [0.4, 0.5) is 0 Å². The van der Waals surface area contributed by atoms with Gasteiger partial charge in [0, 0.05) is 88.7 Å². The normalized spacial score (nSPS) is 13.8. The zero-order valence-electron chi connectivity index (χ0n) is 48.2. The Hall–Kier alpha value is -9.12. The molecule has 12 aromatic heterocycles. The molecule has 0 aromatic carbocycles. The van der Waals surface area contributed by atoms with Crippen molar-refractivity contribution < 1.29 is 30.6 Å². The van der Waals surface area contributed by atoms with Crippen LogP contribution in [0.3, 0.4) is 0 Å². The molecule has 12 rings (SSSR count). The van der Waals surface area contributed by atoms with E-state index in [1.165, 1.54) is 0 Å². The lowest BCUT2D eigenvalue weighted by molar-refractivity contribution is 0.0782. The maximum Gasteiger partial charge on any atom is 0.0999 e. The Balaban J connectivity index is 0.000000142. The third kappa shape index (κ3) is 13.5. The van der Waals surface area contributed by atoms with Gasteiger partial charge in [-0.1, -0.05) is 27.2 Å². The van der Waals surface area contributed by atoms with Crippen LogP contribution >= 0.6 is 0 Å². The average Bonchev–Trinajstić information content (AvgIpc) is 4.50. The number of aliphatic hydroxyl groups is 6. The van der Waals surface area contributed by atoms with Crippen molar-refractivity contribution in [2.45, 2.75) is 123 Å². The highest BCUT2D eigenvalue weighted by Crippen LogP contribution is 2.31. The number of aliphatic hydroxyl groups excluding tert-OH is 6. The number of nitrogens with zero attached hydrogens (tertiary/aromatic N) is 21. The molecule has 12 aromatic rings. The van der Waals surface area contributed by atoms with Crippen LogP contribution in [-0.4, -0.2) is 171 Å². The van der Waals surface area contributed by atoms with E-state index in [4.69, 9.17) is 30.3 Å². The molecular weight excluding hydrogens is 1090 g/mol. The van der Waals surface area contributed by atoms with Crippen molar-refractivity contribution in [2.75, 3.05) is 19.8 Å². The molecule has 0 aliphatic heterocycles. The van der Waals surface area contributed by atoms with Crippen LogP contribution in [0.5, 0.6) is 0 Å². The quantitative estimate of drug-likeness (QED) is 0.0472. The lowest BCUT2D eigenvalue weighted by Gasteiger charge is -2.10. The first-order valence-corrected chi connectivity index (χ1v) is 28.4. The minimum atomic E-state index is -0.851. The van der Waals surface area contributed by atoms with Crippen molar-refractivity contribution >= 4 is 16.6 Å². The summed E-state index contributed by atoms with van der Waals surface area (Å²) in [4.78, 5) is 14.6. The predicted octanol–water partition coefficient (Wildman–Crippen LogP) is 5.73. The van der Waals surface area contributed by atoms with E-state index in [2.05, 4.69) is 87.4 Å². The number of hydrogen-bond acceptors (Lipinski definition) is 18. The summed E-state index contributed by atoms with van der Waals surface area (Å²) in [5.41, 5.74) is 12.4. The van der Waals surface area contributed by atoms with Crippen molar-refractivity contribution in [1.29, 1.82) is 0 Å². The largest absolute Gasteiger partial charge is 0.394 e. The van der Waals surface area contributed by atoms with Crippen LogP contribution in [0.15, 0.2) is 130 Å². The molecule has 0 radical (unpaired) electrons. The highest BCUT2D eigenvalue weighted by molar-refractivity contribution is 5.80. The molecule has 0 aliphatic carbocycles. The third-order valence-corrected chi connectivity index (χ3v) is 14.6. The summed E-state index contributed by atoms with van der Waals surface area (Å²) in [6.07, 6.45) is 34.4. The zero-order chi connectivity index (χ0) is 59.7. The summed E-state index contributed by atoms with van der Waals surface area (Å²) in [7, 11) is 0. The maximum atomic E-state index is 9.63. The number of rotatable bonds is 22. The minimum absolute atomic E-state index is 0.217. The molecule has 0 saturated carbocycles. The molecule has 0 saturated heterocycles. The van der Waals surface area contributed by atoms with E-state index in [-0.39, 0.29) is 39.5 Å². The van der Waals surface area contributed by atoms with Gasteiger partial charge in [-0.05, 0) is 58.2 Å². The van der Waals surface area contributed by atoms with Gasteiger partial charge in [0.25, 0.3) is 0 Å². The van der Waals surface area contributed by atoms with Crippen LogP contribution < -0.4 is 0 Å². The third-order valence-electron chi connectivity index (χ3n) is 14.6. The van der Waals surface area contributed by atoms with E-state index in [9.17, 15) is 15.3 Å². The van der Waals surface area contributed by atoms with Crippen LogP contribution in [0.25, 0.3) is 84.1 Å². The smallest absolute Gasteiger partial charge is 0.0999 e. The van der Waals surface area contributed by atoms with Crippen molar-refractivity contribution in [3.63, 3.8) is 0 Å². The molecule has 0 spiro atoms. The Morgan fingerprint density at radius 2 is 0.682 bits per heavy atom. The monoisotopic (exact) mass is 1160 g/mol. The Bertz CT molecular complexity index is 3910. The molecule has 6 N–H and O–H groups in total. The van der Waals surface area contributed by atoms with Gasteiger partial charge < -0.3 is 30.6 Å². The van der Waals surface area contributed by atoms with E-state index in [1.807, 2.05) is 88.0 Å². The molecule has 0 bridgehead atoms. The lowest BCUT2D eigenvalue weighted by atomic mass is 10.2. The molecule has 0 fully saturated rings. The second kappa shape index (κ2) is 26.6. The van der Waals surface area contributed by atoms with Gasteiger partial charge >= 0.3 is 0 Å². The summed E-state index contributed by atoms with van der Waals surface area (Å²) in [6, 6.07) is 6.73. The molecule has 0 amide bonds. The van der Waals surface area contributed by atoms with Crippen molar-refractivity contribution in [3.05, 3.63) is 130 Å². The summed E-state index contributed by atoms with van der Waals surface area (Å²) in [6.45, 7) is 12.6. The summed E-state index contributed by atoms with van der Waals surface area (Å²) in [5, 5.41) is 95.3. The zero-order valence-corrected chi connectivity index (χ0v) is 48.2. The number of hydrogen-bond donors (Lipinski definition) is 6. The van der Waals surface area contributed by atoms with E-state index in [0.717, 1.165) is 98.4 Å². The first-order chi connectivity index (χ1) is 41.3. The highest BCUT2D eigenvalue weighted by atomic mass is 16.3. The standard InChI is InChI=1S/C20H25N7O2.2C19H23N7O2/c1-3-4-14(2)26-10-16(8-23-26)20-19-5-6-21-27(19)12-18(24-20)15-7-22-25(9-15)11-17(29)13-28;2*1-3-13(2)25-9-15(7-22-25)19-18-4-5-20-26(18)11-17(23-19)14-6-21-24(8-14)10-16(28)12-27/h5-10,12,14,17,28-29H,3-4,11,13H2,1-2H3;2*4-9,11,13,16,27-28H,3,10,12H2,1-2H3/t14-,17+;13-,16+;13-,16-/m010/s1. The number of fused-ring (bicyclic) bond motifs is 3. The molecule has 0 unspecified atom stereocenters. The summed E-state index contributed by atoms with van der Waals surface area (Å²) < 4.78 is 16.0. The minimum Gasteiger partial charge on any atom is -0.394 e. The van der Waals surface area contributed by atoms with Gasteiger partial charge in [0.2, 0.25) is 0 Å². The van der Waals surface area contributed by atoms with Crippen molar-refractivity contribution in [2.24, 2.45) is 0 Å². The van der Waals surface area contributed by atoms with Crippen LogP contribution in [0.2, 0.25) is 0 Å². The Morgan fingerprint density at radius 1 is 0.376 bits per heavy atom. The van der Waals surface area contributed by atoms with E-state index >= 15 is 0 Å². The van der Waals surface area contributed by atoms with Gasteiger partial charge in [-0.2, -0.15) is 45.9 Å². The van der Waals surface area contributed by atoms with E-state index in [1.54, 1.807) is 83.4 Å². The second-order valence-electron chi connectivity index (χ2n) is 21.0. The van der Waals surface area contributed by atoms with Gasteiger partial charge in [0.05, 0.1) is 183 Å². The van der Waals surface area contributed by atoms with E-state index in [0.29, 0.717) is 29.5 Å². The van der Waals surface area contributed by atoms with E-state index < -0.39 is 18.3 Å². The fourth-order valence-electron chi connectivity index (χ4n) is 9.47. The lowest BCUT2D eigenvalue weighted by Crippen LogP contribution is -2.19. The van der Waals surface area contributed by atoms with Gasteiger partial charge in [-0.15, -0.1) is 0 Å². The Labute approximate surface area is 488 Å². The molecular formula is C58H71N21O6. The van der Waals surface area contributed by atoms with Gasteiger partial charge in [-0.25, -0.2) is 28.5 Å². The van der Waals surface area contributed by atoms with Gasteiger partial charge in [0.1, 0.15) is 0 Å². The molecule has 6 atom stereocenters. The SMILES string of the molecule is CCC[C@H](C)n1cc(-c2nc(-c3cnn(C[C@@H](O)CO)c3)cn3nccc23)cn1.CC[C@@H](C)n1cc(-c2nc(-c3cnn(C[C@H](O)CO)c3)cn3nccc23)cn1.CC[C@H](C)n1cc(-c2nc(-c3cnn(C[C@H](O)CO)c3)cn3nccc23)cn1. The van der Waals surface area contributed by atoms with Crippen LogP contribution in [0, 0.1) is 0 Å². The Kier molecular flexibility index (Phi) is 18.5. The topological polar surface area (TPSA) is 319 Å². The molecule has 444 valence electrons.